The Morgan fingerprint density at radius 2 is 1.21 bits per heavy atom. The van der Waals surface area contributed by atoms with Gasteiger partial charge in [0.05, 0.1) is 19.8 Å². The first-order valence-corrected chi connectivity index (χ1v) is 10.1. The van der Waals surface area contributed by atoms with Crippen LogP contribution in [0.25, 0.3) is 0 Å². The second kappa shape index (κ2) is 19.1. The van der Waals surface area contributed by atoms with Gasteiger partial charge >= 0.3 is 0 Å². The van der Waals surface area contributed by atoms with Gasteiger partial charge in [-0.3, -0.25) is 9.68 Å². The van der Waals surface area contributed by atoms with Crippen LogP contribution in [0.1, 0.15) is 91.4 Å². The van der Waals surface area contributed by atoms with Crippen molar-refractivity contribution in [3.8, 4) is 0 Å². The number of hydrogen-bond donors (Lipinski definition) is 1. The highest BCUT2D eigenvalue weighted by Gasteiger charge is 2.16. The van der Waals surface area contributed by atoms with Gasteiger partial charge in [0.2, 0.25) is 0 Å². The molecular formula is C19H41NO4. The average Bonchev–Trinajstić information content (AvgIpc) is 2.58. The first kappa shape index (κ1) is 23.8. The van der Waals surface area contributed by atoms with E-state index in [0.29, 0.717) is 26.2 Å². The van der Waals surface area contributed by atoms with Crippen LogP contribution in [0, 0.1) is 0 Å². The zero-order chi connectivity index (χ0) is 17.9. The van der Waals surface area contributed by atoms with Crippen molar-refractivity contribution >= 4 is 0 Å². The van der Waals surface area contributed by atoms with Crippen molar-refractivity contribution in [3.05, 3.63) is 0 Å². The van der Waals surface area contributed by atoms with Gasteiger partial charge in [-0.05, 0) is 25.5 Å². The number of aliphatic hydroxyl groups is 1. The number of aliphatic hydroxyl groups excluding tert-OH is 1. The molecule has 0 fully saturated rings. The molecule has 0 aromatic heterocycles. The molecule has 1 N–H and O–H groups in total. The van der Waals surface area contributed by atoms with Crippen molar-refractivity contribution in [2.24, 2.45) is 0 Å². The van der Waals surface area contributed by atoms with E-state index in [9.17, 15) is 5.11 Å². The highest BCUT2D eigenvalue weighted by molar-refractivity contribution is 4.48. The molecule has 0 heterocycles. The standard InChI is InChI=1S/C19H41NO4/c1-4-7-8-9-10-11-12-13-14-15-17-22-18-16-19(21)20(23-5-2)24-6-3/h19,21H,4-18H2,1-3H3. The van der Waals surface area contributed by atoms with Gasteiger partial charge in [-0.1, -0.05) is 64.7 Å². The predicted molar refractivity (Wildman–Crippen MR) is 98.4 cm³/mol. The summed E-state index contributed by atoms with van der Waals surface area (Å²) >= 11 is 0. The maximum Gasteiger partial charge on any atom is 0.159 e. The molecule has 0 aromatic rings. The van der Waals surface area contributed by atoms with Crippen LogP contribution in [0.15, 0.2) is 0 Å². The zero-order valence-corrected chi connectivity index (χ0v) is 16.3. The molecule has 1 unspecified atom stereocenters. The Morgan fingerprint density at radius 3 is 1.71 bits per heavy atom. The Bertz CT molecular complexity index is 235. The van der Waals surface area contributed by atoms with Crippen LogP contribution in [0.2, 0.25) is 0 Å². The highest BCUT2D eigenvalue weighted by atomic mass is 17.0. The quantitative estimate of drug-likeness (QED) is 0.206. The number of rotatable bonds is 19. The summed E-state index contributed by atoms with van der Waals surface area (Å²) in [5, 5.41) is 11.1. The van der Waals surface area contributed by atoms with E-state index in [-0.39, 0.29) is 0 Å². The van der Waals surface area contributed by atoms with Crippen LogP contribution in [0.5, 0.6) is 0 Å². The molecule has 0 aliphatic rings. The summed E-state index contributed by atoms with van der Waals surface area (Å²) in [6.07, 6.45) is 13.0. The molecular weight excluding hydrogens is 306 g/mol. The molecule has 146 valence electrons. The first-order valence-electron chi connectivity index (χ1n) is 10.1. The van der Waals surface area contributed by atoms with E-state index < -0.39 is 6.23 Å². The van der Waals surface area contributed by atoms with E-state index in [1.54, 1.807) is 0 Å². The molecule has 0 aliphatic carbocycles. The minimum atomic E-state index is -0.780. The monoisotopic (exact) mass is 347 g/mol. The zero-order valence-electron chi connectivity index (χ0n) is 16.3. The molecule has 0 saturated heterocycles. The second-order valence-electron chi connectivity index (χ2n) is 6.18. The van der Waals surface area contributed by atoms with Crippen LogP contribution < -0.4 is 0 Å². The van der Waals surface area contributed by atoms with Crippen molar-refractivity contribution in [1.82, 2.24) is 5.23 Å². The topological polar surface area (TPSA) is 51.2 Å². The molecule has 0 rings (SSSR count). The van der Waals surface area contributed by atoms with E-state index in [0.717, 1.165) is 13.0 Å². The number of unbranched alkanes of at least 4 members (excludes halogenated alkanes) is 9. The normalized spacial score (nSPS) is 12.9. The van der Waals surface area contributed by atoms with Crippen molar-refractivity contribution in [1.29, 1.82) is 0 Å². The first-order chi connectivity index (χ1) is 11.8. The molecule has 24 heavy (non-hydrogen) atoms. The molecule has 0 spiro atoms. The molecule has 0 aliphatic heterocycles. The molecule has 0 saturated carbocycles. The molecule has 0 bridgehead atoms. The van der Waals surface area contributed by atoms with Crippen LogP contribution >= 0.6 is 0 Å². The van der Waals surface area contributed by atoms with Gasteiger partial charge in [-0.15, -0.1) is 0 Å². The van der Waals surface area contributed by atoms with Gasteiger partial charge in [-0.2, -0.15) is 0 Å². The fourth-order valence-corrected chi connectivity index (χ4v) is 2.55. The Labute approximate surface area is 149 Å². The fourth-order valence-electron chi connectivity index (χ4n) is 2.55. The number of ether oxygens (including phenoxy) is 1. The summed E-state index contributed by atoms with van der Waals surface area (Å²) in [6.45, 7) is 8.21. The average molecular weight is 348 g/mol. The van der Waals surface area contributed by atoms with E-state index in [4.69, 9.17) is 14.4 Å². The third-order valence-electron chi connectivity index (χ3n) is 3.92. The summed E-state index contributed by atoms with van der Waals surface area (Å²) in [4.78, 5) is 10.4. The van der Waals surface area contributed by atoms with Gasteiger partial charge in [0.25, 0.3) is 0 Å². The van der Waals surface area contributed by atoms with Gasteiger partial charge in [0.1, 0.15) is 0 Å². The third kappa shape index (κ3) is 15.3. The van der Waals surface area contributed by atoms with Gasteiger partial charge in [0.15, 0.2) is 6.23 Å². The second-order valence-corrected chi connectivity index (χ2v) is 6.18. The molecule has 0 radical (unpaired) electrons. The summed E-state index contributed by atoms with van der Waals surface area (Å²) in [7, 11) is 0. The molecule has 1 atom stereocenters. The molecule has 5 heteroatoms. The minimum absolute atomic E-state index is 0.469. The minimum Gasteiger partial charge on any atom is -0.381 e. The van der Waals surface area contributed by atoms with Crippen LogP contribution in [0.3, 0.4) is 0 Å². The van der Waals surface area contributed by atoms with E-state index >= 15 is 0 Å². The smallest absolute Gasteiger partial charge is 0.159 e. The van der Waals surface area contributed by atoms with Gasteiger partial charge in [0, 0.05) is 13.0 Å². The van der Waals surface area contributed by atoms with Crippen molar-refractivity contribution in [2.75, 3.05) is 26.4 Å². The number of nitrogens with zero attached hydrogens (tertiary/aromatic N) is 1. The van der Waals surface area contributed by atoms with E-state index in [1.807, 2.05) is 13.8 Å². The Balaban J connectivity index is 3.32. The fraction of sp³-hybridized carbons (Fsp3) is 1.00. The lowest BCUT2D eigenvalue weighted by Crippen LogP contribution is -2.36. The summed E-state index contributed by atoms with van der Waals surface area (Å²) in [5.74, 6) is 0. The van der Waals surface area contributed by atoms with E-state index in [2.05, 4.69) is 6.92 Å². The third-order valence-corrected chi connectivity index (χ3v) is 3.92. The lowest BCUT2D eigenvalue weighted by Gasteiger charge is -2.24. The predicted octanol–water partition coefficient (Wildman–Crippen LogP) is 4.84. The maximum absolute atomic E-state index is 9.94. The lowest BCUT2D eigenvalue weighted by molar-refractivity contribution is -0.416. The Kier molecular flexibility index (Phi) is 19.0. The van der Waals surface area contributed by atoms with Gasteiger partial charge in [-0.25, -0.2) is 0 Å². The van der Waals surface area contributed by atoms with Gasteiger partial charge < -0.3 is 9.84 Å². The van der Waals surface area contributed by atoms with Crippen molar-refractivity contribution in [3.63, 3.8) is 0 Å². The Morgan fingerprint density at radius 1 is 0.708 bits per heavy atom. The highest BCUT2D eigenvalue weighted by Crippen LogP contribution is 2.10. The van der Waals surface area contributed by atoms with Crippen molar-refractivity contribution in [2.45, 2.75) is 97.6 Å². The molecule has 0 aromatic carbocycles. The van der Waals surface area contributed by atoms with Crippen molar-refractivity contribution < 1.29 is 19.5 Å². The van der Waals surface area contributed by atoms with Crippen LogP contribution in [0.4, 0.5) is 0 Å². The van der Waals surface area contributed by atoms with Crippen LogP contribution in [-0.4, -0.2) is 43.0 Å². The molecule has 0 amide bonds. The maximum atomic E-state index is 9.94. The summed E-state index contributed by atoms with van der Waals surface area (Å²) in [5.41, 5.74) is 0. The SMILES string of the molecule is CCCCCCCCCCCCOCCC(O)N(OCC)OCC. The molecule has 5 nitrogen and oxygen atoms in total. The number of hydrogen-bond acceptors (Lipinski definition) is 5. The Hall–Kier alpha value is -0.200. The summed E-state index contributed by atoms with van der Waals surface area (Å²) < 4.78 is 5.58. The summed E-state index contributed by atoms with van der Waals surface area (Å²) in [6, 6.07) is 0. The van der Waals surface area contributed by atoms with E-state index in [1.165, 1.54) is 63.0 Å². The number of hydroxylamine groups is 2. The largest absolute Gasteiger partial charge is 0.381 e. The van der Waals surface area contributed by atoms with Crippen LogP contribution in [-0.2, 0) is 14.4 Å². The lowest BCUT2D eigenvalue weighted by atomic mass is 10.1.